The number of rotatable bonds is 79. The third-order valence-electron chi connectivity index (χ3n) is 19.1. The molecular weight excluding hydrogens is 1290 g/mol. The molecule has 0 saturated heterocycles. The number of aliphatic hydroxyl groups is 1. The second-order valence-electron chi connectivity index (χ2n) is 29.5. The maximum Gasteiger partial charge on any atom is 0.472 e. The van der Waals surface area contributed by atoms with Gasteiger partial charge >= 0.3 is 39.5 Å². The number of carbonyl (C=O) groups excluding carboxylic acids is 4. The number of ether oxygens (including phenoxy) is 4. The Labute approximate surface area is 607 Å². The molecule has 0 rings (SSSR count). The molecule has 0 aliphatic carbocycles. The van der Waals surface area contributed by atoms with Crippen molar-refractivity contribution in [2.45, 2.75) is 439 Å². The Morgan fingerprint density at radius 2 is 0.515 bits per heavy atom. The Bertz CT molecular complexity index is 1910. The van der Waals surface area contributed by atoms with E-state index in [-0.39, 0.29) is 25.7 Å². The lowest BCUT2D eigenvalue weighted by molar-refractivity contribution is -0.161. The molecule has 0 fully saturated rings. The molecule has 19 heteroatoms. The van der Waals surface area contributed by atoms with Crippen LogP contribution in [0.3, 0.4) is 0 Å². The average Bonchev–Trinajstić information content (AvgIpc) is 0.999. The van der Waals surface area contributed by atoms with Crippen molar-refractivity contribution in [1.82, 2.24) is 0 Å². The number of carbonyl (C=O) groups is 4. The van der Waals surface area contributed by atoms with Gasteiger partial charge in [0.25, 0.3) is 0 Å². The van der Waals surface area contributed by atoms with Crippen LogP contribution in [0.2, 0.25) is 0 Å². The van der Waals surface area contributed by atoms with Crippen LogP contribution < -0.4 is 0 Å². The van der Waals surface area contributed by atoms with Crippen LogP contribution in [-0.4, -0.2) is 96.7 Å². The second-order valence-corrected chi connectivity index (χ2v) is 32.4. The molecule has 0 bridgehead atoms. The summed E-state index contributed by atoms with van der Waals surface area (Å²) in [6.45, 7) is 9.70. The van der Waals surface area contributed by atoms with Crippen LogP contribution in [0.1, 0.15) is 420 Å². The molecule has 0 saturated carbocycles. The van der Waals surface area contributed by atoms with Gasteiger partial charge in [-0.05, 0) is 37.5 Å². The highest BCUT2D eigenvalue weighted by molar-refractivity contribution is 7.47. The number of unbranched alkanes of at least 4 members (excludes halogenated alkanes) is 48. The van der Waals surface area contributed by atoms with Crippen LogP contribution in [0.15, 0.2) is 0 Å². The van der Waals surface area contributed by atoms with Gasteiger partial charge in [0.2, 0.25) is 0 Å². The van der Waals surface area contributed by atoms with Gasteiger partial charge in [0.15, 0.2) is 12.2 Å². The van der Waals surface area contributed by atoms with Crippen LogP contribution in [0, 0.1) is 11.8 Å². The predicted octanol–water partition coefficient (Wildman–Crippen LogP) is 23.9. The Morgan fingerprint density at radius 3 is 0.768 bits per heavy atom. The Hall–Kier alpha value is -1.94. The van der Waals surface area contributed by atoms with Crippen LogP contribution in [-0.2, 0) is 65.4 Å². The Balaban J connectivity index is 5.20. The highest BCUT2D eigenvalue weighted by Crippen LogP contribution is 2.45. The molecule has 0 aromatic carbocycles. The minimum absolute atomic E-state index is 0.107. The summed E-state index contributed by atoms with van der Waals surface area (Å²) in [6.07, 6.45) is 61.0. The first-order valence-electron chi connectivity index (χ1n) is 41.5. The summed E-state index contributed by atoms with van der Waals surface area (Å²) >= 11 is 0. The highest BCUT2D eigenvalue weighted by Gasteiger charge is 2.30. The first-order chi connectivity index (χ1) is 47.9. The third kappa shape index (κ3) is 72.8. The zero-order chi connectivity index (χ0) is 72.8. The lowest BCUT2D eigenvalue weighted by Crippen LogP contribution is -2.30. The predicted molar refractivity (Wildman–Crippen MR) is 405 cm³/mol. The minimum Gasteiger partial charge on any atom is -0.462 e. The summed E-state index contributed by atoms with van der Waals surface area (Å²) in [6, 6.07) is 0. The molecule has 3 N–H and O–H groups in total. The lowest BCUT2D eigenvalue weighted by atomic mass is 9.99. The van der Waals surface area contributed by atoms with Crippen molar-refractivity contribution in [3.63, 3.8) is 0 Å². The van der Waals surface area contributed by atoms with E-state index >= 15 is 0 Å². The number of phosphoric acid groups is 2. The first-order valence-corrected chi connectivity index (χ1v) is 44.5. The van der Waals surface area contributed by atoms with E-state index in [0.717, 1.165) is 102 Å². The van der Waals surface area contributed by atoms with Crippen LogP contribution in [0.25, 0.3) is 0 Å². The van der Waals surface area contributed by atoms with Crippen molar-refractivity contribution in [3.8, 4) is 0 Å². The van der Waals surface area contributed by atoms with Crippen molar-refractivity contribution in [2.75, 3.05) is 39.6 Å². The van der Waals surface area contributed by atoms with Gasteiger partial charge in [-0.15, -0.1) is 0 Å². The molecule has 0 spiro atoms. The maximum absolute atomic E-state index is 13.1. The second kappa shape index (κ2) is 71.7. The van der Waals surface area contributed by atoms with E-state index in [9.17, 15) is 43.2 Å². The molecule has 0 aromatic heterocycles. The van der Waals surface area contributed by atoms with Crippen molar-refractivity contribution < 1.29 is 80.2 Å². The van der Waals surface area contributed by atoms with Crippen molar-refractivity contribution in [3.05, 3.63) is 0 Å². The van der Waals surface area contributed by atoms with Gasteiger partial charge in [0.1, 0.15) is 19.3 Å². The number of phosphoric ester groups is 2. The average molecular weight is 1450 g/mol. The number of esters is 4. The molecule has 0 aliphatic heterocycles. The zero-order valence-corrected chi connectivity index (χ0v) is 66.6. The molecule has 17 nitrogen and oxygen atoms in total. The van der Waals surface area contributed by atoms with Gasteiger partial charge < -0.3 is 33.8 Å². The lowest BCUT2D eigenvalue weighted by Gasteiger charge is -2.21. The van der Waals surface area contributed by atoms with Gasteiger partial charge in [-0.25, -0.2) is 9.13 Å². The molecule has 3 unspecified atom stereocenters. The van der Waals surface area contributed by atoms with Crippen LogP contribution in [0.5, 0.6) is 0 Å². The Morgan fingerprint density at radius 1 is 0.293 bits per heavy atom. The maximum atomic E-state index is 13.1. The number of aliphatic hydroxyl groups excluding tert-OH is 1. The van der Waals surface area contributed by atoms with E-state index in [2.05, 4.69) is 41.5 Å². The summed E-state index contributed by atoms with van der Waals surface area (Å²) in [5, 5.41) is 10.6. The van der Waals surface area contributed by atoms with E-state index < -0.39 is 97.5 Å². The molecule has 0 radical (unpaired) electrons. The Kier molecular flexibility index (Phi) is 70.3. The van der Waals surface area contributed by atoms with E-state index in [1.807, 2.05) is 0 Å². The molecule has 0 amide bonds. The molecule has 6 atom stereocenters. The molecular formula is C80H156O17P2. The monoisotopic (exact) mass is 1450 g/mol. The van der Waals surface area contributed by atoms with E-state index in [0.29, 0.717) is 25.7 Å². The fraction of sp³-hybridized carbons (Fsp3) is 0.950. The van der Waals surface area contributed by atoms with Gasteiger partial charge in [-0.1, -0.05) is 369 Å². The van der Waals surface area contributed by atoms with Crippen LogP contribution in [0.4, 0.5) is 0 Å². The topological polar surface area (TPSA) is 237 Å². The summed E-state index contributed by atoms with van der Waals surface area (Å²) < 4.78 is 68.6. The largest absolute Gasteiger partial charge is 0.472 e. The SMILES string of the molecule is CCCCCCCCCCCCCC(=O)O[C@H](COC(=O)CCCCCCCCCCCC)COP(=O)(O)OC[C@H](O)COP(=O)(O)OC[C@@H](COC(=O)CCCCCCCCCCCCCCCC(C)C)OC(=O)CCCCCCCCCCCCCCCCCCCCC(C)CC. The molecule has 0 heterocycles. The fourth-order valence-corrected chi connectivity index (χ4v) is 13.9. The summed E-state index contributed by atoms with van der Waals surface area (Å²) in [5.41, 5.74) is 0. The van der Waals surface area contributed by atoms with Gasteiger partial charge in [0, 0.05) is 25.7 Å². The highest BCUT2D eigenvalue weighted by atomic mass is 31.2. The third-order valence-corrected chi connectivity index (χ3v) is 21.0. The van der Waals surface area contributed by atoms with Gasteiger partial charge in [0.05, 0.1) is 26.4 Å². The molecule has 588 valence electrons. The summed E-state index contributed by atoms with van der Waals surface area (Å²) in [4.78, 5) is 72.9. The molecule has 0 aliphatic rings. The quantitative estimate of drug-likeness (QED) is 0.0222. The smallest absolute Gasteiger partial charge is 0.462 e. The van der Waals surface area contributed by atoms with E-state index in [1.165, 1.54) is 238 Å². The summed E-state index contributed by atoms with van der Waals surface area (Å²) in [7, 11) is -9.91. The van der Waals surface area contributed by atoms with Crippen molar-refractivity contribution >= 4 is 39.5 Å². The normalized spacial score (nSPS) is 14.2. The fourth-order valence-electron chi connectivity index (χ4n) is 12.3. The van der Waals surface area contributed by atoms with E-state index in [4.69, 9.17) is 37.0 Å². The molecule has 99 heavy (non-hydrogen) atoms. The summed E-state index contributed by atoms with van der Waals surface area (Å²) in [5.74, 6) is -0.448. The van der Waals surface area contributed by atoms with Crippen LogP contribution >= 0.6 is 15.6 Å². The first kappa shape index (κ1) is 97.1. The van der Waals surface area contributed by atoms with Crippen molar-refractivity contribution in [1.29, 1.82) is 0 Å². The number of hydrogen-bond acceptors (Lipinski definition) is 15. The molecule has 0 aromatic rings. The van der Waals surface area contributed by atoms with Gasteiger partial charge in [-0.2, -0.15) is 0 Å². The van der Waals surface area contributed by atoms with Gasteiger partial charge in [-0.3, -0.25) is 37.3 Å². The van der Waals surface area contributed by atoms with E-state index in [1.54, 1.807) is 0 Å². The minimum atomic E-state index is -4.96. The standard InChI is InChI=1S/C80H156O17P2/c1-7-10-12-14-16-18-31-40-46-52-58-64-79(84)96-75(68-90-77(82)62-56-50-44-38-19-17-15-13-11-8-2)70-94-98(86,87)92-66-74(81)67-93-99(88,89)95-71-76(69-91-78(83)63-57-51-45-39-34-30-26-27-32-36-42-48-54-60-72(4)5)97-80(85)65-59-53-47-41-35-29-25-23-21-20-22-24-28-33-37-43-49-55-61-73(6)9-3/h72-76,81H,7-71H2,1-6H3,(H,86,87)(H,88,89)/t73?,74-,75+,76+/m0/s1. The zero-order valence-electron chi connectivity index (χ0n) is 64.8. The van der Waals surface area contributed by atoms with Crippen molar-refractivity contribution in [2.24, 2.45) is 11.8 Å². The number of hydrogen-bond donors (Lipinski definition) is 3.